The summed E-state index contributed by atoms with van der Waals surface area (Å²) in [5.41, 5.74) is 0. The van der Waals surface area contributed by atoms with Gasteiger partial charge >= 0.3 is 17.9 Å². The van der Waals surface area contributed by atoms with Crippen molar-refractivity contribution in [2.24, 2.45) is 17.8 Å². The van der Waals surface area contributed by atoms with E-state index in [-0.39, 0.29) is 0 Å². The van der Waals surface area contributed by atoms with Crippen molar-refractivity contribution < 1.29 is 24.2 Å². The van der Waals surface area contributed by atoms with Gasteiger partial charge in [0.15, 0.2) is 0 Å². The minimum atomic E-state index is -1.09. The van der Waals surface area contributed by atoms with Gasteiger partial charge in [0.1, 0.15) is 0 Å². The predicted molar refractivity (Wildman–Crippen MR) is 40.6 cm³/mol. The number of carboxylic acid groups (broad SMARTS) is 1. The summed E-state index contributed by atoms with van der Waals surface area (Å²) in [6, 6.07) is 0. The molecule has 13 heavy (non-hydrogen) atoms. The fourth-order valence-electron chi connectivity index (χ4n) is 1.40. The number of aliphatic carboxylic acids is 1. The lowest BCUT2D eigenvalue weighted by molar-refractivity contribution is -0.156. The maximum Gasteiger partial charge on any atom is 0.318 e. The molecule has 0 aromatic carbocycles. The summed E-state index contributed by atoms with van der Waals surface area (Å²) in [4.78, 5) is 32.5. The molecule has 0 aliphatic carbocycles. The van der Waals surface area contributed by atoms with Gasteiger partial charge in [-0.15, -0.1) is 0 Å². The molecule has 1 N–H and O–H groups in total. The monoisotopic (exact) mass is 186 g/mol. The Morgan fingerprint density at radius 1 is 1.46 bits per heavy atom. The van der Waals surface area contributed by atoms with E-state index in [4.69, 9.17) is 5.11 Å². The molecule has 1 aliphatic rings. The lowest BCUT2D eigenvalue weighted by atomic mass is 9.85. The van der Waals surface area contributed by atoms with Crippen molar-refractivity contribution in [1.82, 2.24) is 0 Å². The van der Waals surface area contributed by atoms with Crippen molar-refractivity contribution in [3.63, 3.8) is 0 Å². The van der Waals surface area contributed by atoms with Gasteiger partial charge in [-0.2, -0.15) is 0 Å². The SMILES string of the molecule is CC(C(=O)O)C1C(=O)OC(=O)C1C. The second-order valence-corrected chi connectivity index (χ2v) is 3.18. The standard InChI is InChI=1S/C8H10O5/c1-3(6(9)10)5-4(2)7(11)13-8(5)12/h3-5H,1-2H3,(H,9,10). The second-order valence-electron chi connectivity index (χ2n) is 3.18. The molecule has 0 amide bonds. The van der Waals surface area contributed by atoms with E-state index in [9.17, 15) is 14.4 Å². The van der Waals surface area contributed by atoms with Crippen LogP contribution in [0.2, 0.25) is 0 Å². The van der Waals surface area contributed by atoms with Crippen LogP contribution >= 0.6 is 0 Å². The summed E-state index contributed by atoms with van der Waals surface area (Å²) in [5, 5.41) is 8.65. The normalized spacial score (nSPS) is 30.0. The number of carbonyl (C=O) groups is 3. The van der Waals surface area contributed by atoms with E-state index in [1.165, 1.54) is 13.8 Å². The third kappa shape index (κ3) is 1.54. The summed E-state index contributed by atoms with van der Waals surface area (Å²) in [5.74, 6) is -4.84. The first-order valence-corrected chi connectivity index (χ1v) is 3.93. The average Bonchev–Trinajstić information content (AvgIpc) is 2.26. The van der Waals surface area contributed by atoms with Crippen LogP contribution in [0.5, 0.6) is 0 Å². The smallest absolute Gasteiger partial charge is 0.318 e. The molecule has 0 spiro atoms. The minimum Gasteiger partial charge on any atom is -0.481 e. The molecule has 1 heterocycles. The van der Waals surface area contributed by atoms with Gasteiger partial charge in [-0.25, -0.2) is 0 Å². The predicted octanol–water partition coefficient (Wildman–Crippen LogP) is 0.0428. The van der Waals surface area contributed by atoms with E-state index in [1.807, 2.05) is 0 Å². The Morgan fingerprint density at radius 2 is 2.00 bits per heavy atom. The summed E-state index contributed by atoms with van der Waals surface area (Å²) >= 11 is 0. The summed E-state index contributed by atoms with van der Waals surface area (Å²) in [6.07, 6.45) is 0. The molecule has 1 saturated heterocycles. The van der Waals surface area contributed by atoms with Crippen molar-refractivity contribution >= 4 is 17.9 Å². The largest absolute Gasteiger partial charge is 0.481 e. The Bertz CT molecular complexity index is 270. The summed E-state index contributed by atoms with van der Waals surface area (Å²) in [7, 11) is 0. The molecule has 1 rings (SSSR count). The van der Waals surface area contributed by atoms with Crippen LogP contribution in [0.3, 0.4) is 0 Å². The molecular formula is C8H10O5. The van der Waals surface area contributed by atoms with Gasteiger partial charge in [-0.3, -0.25) is 14.4 Å². The number of rotatable bonds is 2. The van der Waals surface area contributed by atoms with Gasteiger partial charge in [-0.1, -0.05) is 13.8 Å². The van der Waals surface area contributed by atoms with E-state index < -0.39 is 35.7 Å². The zero-order valence-electron chi connectivity index (χ0n) is 7.31. The molecule has 5 nitrogen and oxygen atoms in total. The lowest BCUT2D eigenvalue weighted by Gasteiger charge is -2.12. The first-order chi connectivity index (χ1) is 5.95. The Kier molecular flexibility index (Phi) is 2.36. The fourth-order valence-corrected chi connectivity index (χ4v) is 1.40. The number of ether oxygens (including phenoxy) is 1. The van der Waals surface area contributed by atoms with Crippen LogP contribution in [0.1, 0.15) is 13.8 Å². The van der Waals surface area contributed by atoms with Crippen LogP contribution in [-0.4, -0.2) is 23.0 Å². The number of hydrogen-bond acceptors (Lipinski definition) is 4. The first-order valence-electron chi connectivity index (χ1n) is 3.93. The van der Waals surface area contributed by atoms with E-state index in [2.05, 4.69) is 4.74 Å². The van der Waals surface area contributed by atoms with E-state index in [1.54, 1.807) is 0 Å². The molecule has 0 aromatic heterocycles. The molecular weight excluding hydrogens is 176 g/mol. The topological polar surface area (TPSA) is 80.7 Å². The highest BCUT2D eigenvalue weighted by Crippen LogP contribution is 2.29. The van der Waals surface area contributed by atoms with E-state index in [0.717, 1.165) is 0 Å². The third-order valence-corrected chi connectivity index (χ3v) is 2.31. The molecule has 1 aliphatic heterocycles. The average molecular weight is 186 g/mol. The van der Waals surface area contributed by atoms with Gasteiger partial charge in [0, 0.05) is 0 Å². The van der Waals surface area contributed by atoms with Crippen LogP contribution in [0.25, 0.3) is 0 Å². The molecule has 0 aromatic rings. The number of esters is 2. The fraction of sp³-hybridized carbons (Fsp3) is 0.625. The summed E-state index contributed by atoms with van der Waals surface area (Å²) in [6.45, 7) is 2.89. The van der Waals surface area contributed by atoms with Gasteiger partial charge in [0.05, 0.1) is 17.8 Å². The quantitative estimate of drug-likeness (QED) is 0.486. The van der Waals surface area contributed by atoms with Crippen molar-refractivity contribution in [1.29, 1.82) is 0 Å². The van der Waals surface area contributed by atoms with Crippen molar-refractivity contribution in [2.75, 3.05) is 0 Å². The lowest BCUT2D eigenvalue weighted by Crippen LogP contribution is -2.28. The zero-order valence-corrected chi connectivity index (χ0v) is 7.31. The van der Waals surface area contributed by atoms with Crippen LogP contribution in [-0.2, 0) is 19.1 Å². The van der Waals surface area contributed by atoms with Crippen molar-refractivity contribution in [3.8, 4) is 0 Å². The molecule has 3 unspecified atom stereocenters. The van der Waals surface area contributed by atoms with Gasteiger partial charge in [0.25, 0.3) is 0 Å². The Balaban J connectivity index is 2.85. The molecule has 5 heteroatoms. The van der Waals surface area contributed by atoms with E-state index in [0.29, 0.717) is 0 Å². The van der Waals surface area contributed by atoms with Crippen LogP contribution in [0.4, 0.5) is 0 Å². The van der Waals surface area contributed by atoms with E-state index >= 15 is 0 Å². The molecule has 1 fully saturated rings. The van der Waals surface area contributed by atoms with Crippen LogP contribution < -0.4 is 0 Å². The second kappa shape index (κ2) is 3.16. The Labute approximate surface area is 74.7 Å². The molecule has 3 atom stereocenters. The molecule has 0 saturated carbocycles. The maximum atomic E-state index is 11.0. The Morgan fingerprint density at radius 3 is 2.31 bits per heavy atom. The van der Waals surface area contributed by atoms with Gasteiger partial charge < -0.3 is 9.84 Å². The maximum absolute atomic E-state index is 11.0. The number of carboxylic acids is 1. The van der Waals surface area contributed by atoms with Crippen molar-refractivity contribution in [3.05, 3.63) is 0 Å². The Hall–Kier alpha value is -1.39. The van der Waals surface area contributed by atoms with Gasteiger partial charge in [-0.05, 0) is 0 Å². The minimum absolute atomic E-state index is 0.636. The van der Waals surface area contributed by atoms with Crippen molar-refractivity contribution in [2.45, 2.75) is 13.8 Å². The van der Waals surface area contributed by atoms with Gasteiger partial charge in [0.2, 0.25) is 0 Å². The van der Waals surface area contributed by atoms with Crippen LogP contribution in [0, 0.1) is 17.8 Å². The number of carbonyl (C=O) groups excluding carboxylic acids is 2. The molecule has 0 radical (unpaired) electrons. The molecule has 72 valence electrons. The highest BCUT2D eigenvalue weighted by molar-refractivity contribution is 5.98. The highest BCUT2D eigenvalue weighted by atomic mass is 16.6. The summed E-state index contributed by atoms with van der Waals surface area (Å²) < 4.78 is 4.32. The third-order valence-electron chi connectivity index (χ3n) is 2.31. The zero-order chi connectivity index (χ0) is 10.2. The number of hydrogen-bond donors (Lipinski definition) is 1. The first kappa shape index (κ1) is 9.70. The van der Waals surface area contributed by atoms with Crippen LogP contribution in [0.15, 0.2) is 0 Å². The molecule has 0 bridgehead atoms. The highest BCUT2D eigenvalue weighted by Gasteiger charge is 2.46. The number of cyclic esters (lactones) is 2.